The first-order valence-electron chi connectivity index (χ1n) is 6.82. The van der Waals surface area contributed by atoms with Crippen molar-refractivity contribution >= 4 is 11.6 Å². The van der Waals surface area contributed by atoms with Crippen LogP contribution in [-0.2, 0) is 17.9 Å². The van der Waals surface area contributed by atoms with Gasteiger partial charge >= 0.3 is 0 Å². The summed E-state index contributed by atoms with van der Waals surface area (Å²) in [4.78, 5) is 0. The first-order valence-corrected chi connectivity index (χ1v) is 7.20. The maximum Gasteiger partial charge on any atom is 0.176 e. The maximum absolute atomic E-state index is 6.29. The topological polar surface area (TPSA) is 36.3 Å². The molecule has 1 aliphatic rings. The summed E-state index contributed by atoms with van der Waals surface area (Å²) < 4.78 is 13.0. The minimum Gasteiger partial charge on any atom is -0.484 e. The number of benzene rings is 1. The van der Waals surface area contributed by atoms with Crippen LogP contribution in [-0.4, -0.2) is 22.5 Å². The molecule has 5 heteroatoms. The van der Waals surface area contributed by atoms with E-state index in [0.29, 0.717) is 24.1 Å². The second kappa shape index (κ2) is 6.29. The Bertz CT molecular complexity index is 550. The third-order valence-corrected chi connectivity index (χ3v) is 3.76. The van der Waals surface area contributed by atoms with E-state index in [2.05, 4.69) is 5.10 Å². The van der Waals surface area contributed by atoms with Crippen LogP contribution in [0.3, 0.4) is 0 Å². The molecule has 0 amide bonds. The molecule has 1 unspecified atom stereocenters. The van der Waals surface area contributed by atoms with Crippen molar-refractivity contribution in [3.05, 3.63) is 47.2 Å². The molecule has 1 aromatic carbocycles. The minimum atomic E-state index is 0.217. The number of rotatable bonds is 5. The number of aromatic nitrogens is 2. The fraction of sp³-hybridized carbons (Fsp3) is 0.400. The lowest BCUT2D eigenvalue weighted by molar-refractivity contribution is 0.0940. The van der Waals surface area contributed by atoms with Crippen molar-refractivity contribution in [3.63, 3.8) is 0 Å². The maximum atomic E-state index is 6.29. The van der Waals surface area contributed by atoms with Crippen molar-refractivity contribution in [2.24, 2.45) is 0 Å². The van der Waals surface area contributed by atoms with E-state index in [9.17, 15) is 0 Å². The van der Waals surface area contributed by atoms with E-state index in [-0.39, 0.29) is 6.10 Å². The Hall–Kier alpha value is -1.52. The van der Waals surface area contributed by atoms with E-state index in [1.807, 2.05) is 30.3 Å². The molecule has 0 spiro atoms. The van der Waals surface area contributed by atoms with Crippen LogP contribution >= 0.6 is 11.6 Å². The van der Waals surface area contributed by atoms with Gasteiger partial charge in [0.25, 0.3) is 0 Å². The molecule has 2 heterocycles. The van der Waals surface area contributed by atoms with Gasteiger partial charge in [-0.3, -0.25) is 0 Å². The number of hydrogen-bond acceptors (Lipinski definition) is 3. The molecule has 1 fully saturated rings. The van der Waals surface area contributed by atoms with E-state index in [4.69, 9.17) is 21.1 Å². The third-order valence-electron chi connectivity index (χ3n) is 3.38. The quantitative estimate of drug-likeness (QED) is 0.848. The first kappa shape index (κ1) is 13.5. The summed E-state index contributed by atoms with van der Waals surface area (Å²) in [7, 11) is 0. The van der Waals surface area contributed by atoms with Gasteiger partial charge in [-0.05, 0) is 18.4 Å². The van der Waals surface area contributed by atoms with E-state index < -0.39 is 0 Å². The van der Waals surface area contributed by atoms with Crippen LogP contribution in [0.1, 0.15) is 18.4 Å². The van der Waals surface area contributed by atoms with Gasteiger partial charge in [-0.15, -0.1) is 0 Å². The molecular formula is C15H17ClN2O2. The molecule has 0 saturated carbocycles. The van der Waals surface area contributed by atoms with Gasteiger partial charge in [0.2, 0.25) is 0 Å². The van der Waals surface area contributed by atoms with Gasteiger partial charge in [-0.2, -0.15) is 5.10 Å². The lowest BCUT2D eigenvalue weighted by atomic mass is 10.2. The Balaban J connectivity index is 1.61. The zero-order valence-electron chi connectivity index (χ0n) is 11.2. The van der Waals surface area contributed by atoms with Crippen LogP contribution in [0.25, 0.3) is 0 Å². The van der Waals surface area contributed by atoms with Gasteiger partial charge < -0.3 is 9.47 Å². The standard InChI is InChI=1S/C15H17ClN2O2/c16-15-14(20-11-12-5-2-1-3-6-12)9-17-18(15)10-13-7-4-8-19-13/h1-3,5-6,9,13H,4,7-8,10-11H2. The summed E-state index contributed by atoms with van der Waals surface area (Å²) in [6.45, 7) is 2.01. The molecule has 20 heavy (non-hydrogen) atoms. The van der Waals surface area contributed by atoms with Crippen molar-refractivity contribution in [1.82, 2.24) is 9.78 Å². The first-order chi connectivity index (χ1) is 9.83. The van der Waals surface area contributed by atoms with Crippen LogP contribution in [0.15, 0.2) is 36.5 Å². The largest absolute Gasteiger partial charge is 0.484 e. The average Bonchev–Trinajstić information content (AvgIpc) is 3.10. The van der Waals surface area contributed by atoms with Crippen LogP contribution in [0.5, 0.6) is 5.75 Å². The molecule has 0 N–H and O–H groups in total. The van der Waals surface area contributed by atoms with Crippen molar-refractivity contribution in [1.29, 1.82) is 0 Å². The summed E-state index contributed by atoms with van der Waals surface area (Å²) in [5.74, 6) is 0.619. The van der Waals surface area contributed by atoms with Gasteiger partial charge in [0, 0.05) is 6.61 Å². The summed E-state index contributed by atoms with van der Waals surface area (Å²) in [6.07, 6.45) is 4.06. The lowest BCUT2D eigenvalue weighted by Gasteiger charge is -2.10. The molecule has 4 nitrogen and oxygen atoms in total. The Labute approximate surface area is 123 Å². The Morgan fingerprint density at radius 1 is 1.35 bits per heavy atom. The molecule has 1 atom stereocenters. The van der Waals surface area contributed by atoms with Gasteiger partial charge in [-0.1, -0.05) is 41.9 Å². The molecule has 2 aromatic rings. The van der Waals surface area contributed by atoms with Crippen molar-refractivity contribution in [2.75, 3.05) is 6.61 Å². The van der Waals surface area contributed by atoms with Crippen molar-refractivity contribution < 1.29 is 9.47 Å². The molecule has 0 aliphatic carbocycles. The normalized spacial score (nSPS) is 18.4. The Morgan fingerprint density at radius 2 is 2.20 bits per heavy atom. The summed E-state index contributed by atoms with van der Waals surface area (Å²) in [5.41, 5.74) is 1.11. The van der Waals surface area contributed by atoms with Crippen LogP contribution in [0, 0.1) is 0 Å². The smallest absolute Gasteiger partial charge is 0.176 e. The molecule has 0 bridgehead atoms. The summed E-state index contributed by atoms with van der Waals surface area (Å²) in [5, 5.41) is 4.81. The highest BCUT2D eigenvalue weighted by Crippen LogP contribution is 2.26. The highest BCUT2D eigenvalue weighted by Gasteiger charge is 2.19. The predicted molar refractivity (Wildman–Crippen MR) is 77.0 cm³/mol. The number of ether oxygens (including phenoxy) is 2. The van der Waals surface area contributed by atoms with Crippen molar-refractivity contribution in [3.8, 4) is 5.75 Å². The monoisotopic (exact) mass is 292 g/mol. The summed E-state index contributed by atoms with van der Waals surface area (Å²) in [6, 6.07) is 9.99. The lowest BCUT2D eigenvalue weighted by Crippen LogP contribution is -2.15. The fourth-order valence-electron chi connectivity index (χ4n) is 2.29. The van der Waals surface area contributed by atoms with Crippen LogP contribution in [0.2, 0.25) is 5.15 Å². The number of halogens is 1. The fourth-order valence-corrected chi connectivity index (χ4v) is 2.51. The zero-order chi connectivity index (χ0) is 13.8. The van der Waals surface area contributed by atoms with Crippen LogP contribution < -0.4 is 4.74 Å². The van der Waals surface area contributed by atoms with Gasteiger partial charge in [-0.25, -0.2) is 4.68 Å². The second-order valence-corrected chi connectivity index (χ2v) is 5.25. The highest BCUT2D eigenvalue weighted by atomic mass is 35.5. The highest BCUT2D eigenvalue weighted by molar-refractivity contribution is 6.31. The summed E-state index contributed by atoms with van der Waals surface area (Å²) >= 11 is 6.29. The molecule has 0 radical (unpaired) electrons. The molecule has 1 saturated heterocycles. The number of hydrogen-bond donors (Lipinski definition) is 0. The third kappa shape index (κ3) is 3.14. The van der Waals surface area contributed by atoms with E-state index in [1.54, 1.807) is 10.9 Å². The van der Waals surface area contributed by atoms with E-state index in [1.165, 1.54) is 0 Å². The zero-order valence-corrected chi connectivity index (χ0v) is 11.9. The van der Waals surface area contributed by atoms with Gasteiger partial charge in [0.15, 0.2) is 10.9 Å². The Morgan fingerprint density at radius 3 is 2.95 bits per heavy atom. The average molecular weight is 293 g/mol. The SMILES string of the molecule is Clc1c(OCc2ccccc2)cnn1CC1CCCO1. The van der Waals surface area contributed by atoms with E-state index in [0.717, 1.165) is 25.0 Å². The van der Waals surface area contributed by atoms with Gasteiger partial charge in [0.05, 0.1) is 18.8 Å². The van der Waals surface area contributed by atoms with Crippen molar-refractivity contribution in [2.45, 2.75) is 32.1 Å². The van der Waals surface area contributed by atoms with Gasteiger partial charge in [0.1, 0.15) is 6.61 Å². The second-order valence-electron chi connectivity index (χ2n) is 4.89. The molecule has 1 aromatic heterocycles. The number of nitrogens with zero attached hydrogens (tertiary/aromatic N) is 2. The molecular weight excluding hydrogens is 276 g/mol. The minimum absolute atomic E-state index is 0.217. The van der Waals surface area contributed by atoms with E-state index >= 15 is 0 Å². The molecule has 3 rings (SSSR count). The molecule has 1 aliphatic heterocycles. The Kier molecular flexibility index (Phi) is 4.23. The van der Waals surface area contributed by atoms with Crippen LogP contribution in [0.4, 0.5) is 0 Å². The predicted octanol–water partition coefficient (Wildman–Crippen LogP) is 3.29. The molecule has 106 valence electrons.